The number of hydrogen-bond donors (Lipinski definition) is 2. The number of aliphatic hydroxyl groups excluding tert-OH is 1. The van der Waals surface area contributed by atoms with Gasteiger partial charge in [-0.2, -0.15) is 0 Å². The molecule has 0 amide bonds. The molecule has 2 atom stereocenters. The number of thiophene rings is 1. The molecule has 1 aliphatic rings. The summed E-state index contributed by atoms with van der Waals surface area (Å²) in [5.41, 5.74) is 0. The molecule has 3 rings (SSSR count). The molecular weight excluding hydrogens is 242 g/mol. The Labute approximate surface area is 112 Å². The highest BCUT2D eigenvalue weighted by Crippen LogP contribution is 2.26. The van der Waals surface area contributed by atoms with Crippen molar-refractivity contribution in [3.05, 3.63) is 35.2 Å². The van der Waals surface area contributed by atoms with Crippen molar-refractivity contribution in [2.24, 2.45) is 5.92 Å². The van der Waals surface area contributed by atoms with E-state index < -0.39 is 0 Å². The molecule has 0 spiro atoms. The Morgan fingerprint density at radius 2 is 2.17 bits per heavy atom. The van der Waals surface area contributed by atoms with E-state index in [1.165, 1.54) is 27.8 Å². The van der Waals surface area contributed by atoms with E-state index in [4.69, 9.17) is 0 Å². The van der Waals surface area contributed by atoms with Gasteiger partial charge in [-0.15, -0.1) is 11.3 Å². The Balaban J connectivity index is 1.56. The highest BCUT2D eigenvalue weighted by Gasteiger charge is 2.24. The molecule has 0 bridgehead atoms. The van der Waals surface area contributed by atoms with Crippen LogP contribution < -0.4 is 5.32 Å². The average molecular weight is 261 g/mol. The lowest BCUT2D eigenvalue weighted by Crippen LogP contribution is -2.27. The van der Waals surface area contributed by atoms with Crippen molar-refractivity contribution in [3.63, 3.8) is 0 Å². The number of hydrogen-bond acceptors (Lipinski definition) is 3. The maximum absolute atomic E-state index is 9.76. The third kappa shape index (κ3) is 2.58. The Hall–Kier alpha value is -0.900. The van der Waals surface area contributed by atoms with Gasteiger partial charge in [0.25, 0.3) is 0 Å². The fraction of sp³-hybridized carbons (Fsp3) is 0.467. The molecule has 1 aliphatic carbocycles. The highest BCUT2D eigenvalue weighted by molar-refractivity contribution is 7.19. The third-order valence-electron chi connectivity index (χ3n) is 3.80. The summed E-state index contributed by atoms with van der Waals surface area (Å²) in [6, 6.07) is 10.8. The molecule has 96 valence electrons. The molecule has 1 fully saturated rings. The lowest BCUT2D eigenvalue weighted by atomic mass is 10.1. The quantitative estimate of drug-likeness (QED) is 0.886. The number of rotatable bonds is 4. The predicted octanol–water partition coefficient (Wildman–Crippen LogP) is 3.15. The number of fused-ring (bicyclic) bond motifs is 1. The fourth-order valence-electron chi connectivity index (χ4n) is 2.76. The summed E-state index contributed by atoms with van der Waals surface area (Å²) < 4.78 is 1.36. The molecule has 1 heterocycles. The van der Waals surface area contributed by atoms with Crippen LogP contribution in [0.1, 0.15) is 24.1 Å². The molecule has 3 heteroatoms. The van der Waals surface area contributed by atoms with Crippen molar-refractivity contribution in [2.45, 2.75) is 31.9 Å². The maximum Gasteiger partial charge on any atom is 0.0580 e. The molecule has 1 aromatic carbocycles. The Kier molecular flexibility index (Phi) is 3.64. The number of aliphatic hydroxyl groups is 1. The van der Waals surface area contributed by atoms with E-state index in [9.17, 15) is 5.11 Å². The zero-order chi connectivity index (χ0) is 12.4. The van der Waals surface area contributed by atoms with E-state index in [1.807, 2.05) is 11.3 Å². The summed E-state index contributed by atoms with van der Waals surface area (Å²) >= 11 is 1.86. The van der Waals surface area contributed by atoms with Crippen LogP contribution in [0.3, 0.4) is 0 Å². The number of nitrogens with one attached hydrogen (secondary N) is 1. The van der Waals surface area contributed by atoms with Gasteiger partial charge < -0.3 is 10.4 Å². The minimum absolute atomic E-state index is 0.0834. The van der Waals surface area contributed by atoms with Crippen molar-refractivity contribution in [3.8, 4) is 0 Å². The van der Waals surface area contributed by atoms with Crippen molar-refractivity contribution in [1.82, 2.24) is 5.32 Å². The third-order valence-corrected chi connectivity index (χ3v) is 4.92. The monoisotopic (exact) mass is 261 g/mol. The predicted molar refractivity (Wildman–Crippen MR) is 76.9 cm³/mol. The van der Waals surface area contributed by atoms with E-state index in [-0.39, 0.29) is 6.10 Å². The summed E-state index contributed by atoms with van der Waals surface area (Å²) in [7, 11) is 0. The van der Waals surface area contributed by atoms with Gasteiger partial charge in [0.15, 0.2) is 0 Å². The molecule has 0 saturated heterocycles. The smallest absolute Gasteiger partial charge is 0.0580 e. The zero-order valence-electron chi connectivity index (χ0n) is 10.4. The van der Waals surface area contributed by atoms with Gasteiger partial charge in [0.05, 0.1) is 6.10 Å². The fourth-order valence-corrected chi connectivity index (χ4v) is 3.79. The van der Waals surface area contributed by atoms with Gasteiger partial charge >= 0.3 is 0 Å². The van der Waals surface area contributed by atoms with Crippen LogP contribution in [0.25, 0.3) is 10.1 Å². The van der Waals surface area contributed by atoms with Crippen LogP contribution in [-0.4, -0.2) is 17.8 Å². The second-order valence-electron chi connectivity index (χ2n) is 5.14. The van der Waals surface area contributed by atoms with E-state index in [2.05, 4.69) is 35.6 Å². The summed E-state index contributed by atoms with van der Waals surface area (Å²) in [4.78, 5) is 1.38. The van der Waals surface area contributed by atoms with E-state index in [0.717, 1.165) is 19.5 Å². The Morgan fingerprint density at radius 1 is 1.28 bits per heavy atom. The summed E-state index contributed by atoms with van der Waals surface area (Å²) in [5.74, 6) is 0.458. The Morgan fingerprint density at radius 3 is 2.94 bits per heavy atom. The van der Waals surface area contributed by atoms with Crippen LogP contribution in [-0.2, 0) is 6.54 Å². The van der Waals surface area contributed by atoms with E-state index in [0.29, 0.717) is 5.92 Å². The molecule has 18 heavy (non-hydrogen) atoms. The molecule has 0 aliphatic heterocycles. The molecule has 1 aromatic heterocycles. The van der Waals surface area contributed by atoms with Crippen LogP contribution in [0.15, 0.2) is 30.3 Å². The van der Waals surface area contributed by atoms with Crippen LogP contribution in [0, 0.1) is 5.92 Å². The summed E-state index contributed by atoms with van der Waals surface area (Å²) in [6.07, 6.45) is 3.24. The zero-order valence-corrected chi connectivity index (χ0v) is 11.2. The average Bonchev–Trinajstić information content (AvgIpc) is 2.96. The molecule has 2 nitrogen and oxygen atoms in total. The van der Waals surface area contributed by atoms with Crippen molar-refractivity contribution in [2.75, 3.05) is 6.54 Å². The molecule has 2 unspecified atom stereocenters. The summed E-state index contributed by atoms with van der Waals surface area (Å²) in [6.45, 7) is 1.86. The van der Waals surface area contributed by atoms with Gasteiger partial charge in [0, 0.05) is 22.7 Å². The van der Waals surface area contributed by atoms with Crippen molar-refractivity contribution in [1.29, 1.82) is 0 Å². The first-order valence-corrected chi connectivity index (χ1v) is 7.51. The van der Waals surface area contributed by atoms with Crippen LogP contribution >= 0.6 is 11.3 Å². The largest absolute Gasteiger partial charge is 0.393 e. The topological polar surface area (TPSA) is 32.3 Å². The minimum atomic E-state index is -0.0834. The standard InChI is InChI=1S/C15H19NOS/c17-14-6-3-5-12(14)9-16-10-13-8-11-4-1-2-7-15(11)18-13/h1-2,4,7-8,12,14,16-17H,3,5-6,9-10H2. The van der Waals surface area contributed by atoms with E-state index >= 15 is 0 Å². The molecule has 2 aromatic rings. The van der Waals surface area contributed by atoms with Crippen molar-refractivity contribution < 1.29 is 5.11 Å². The number of benzene rings is 1. The van der Waals surface area contributed by atoms with Crippen molar-refractivity contribution >= 4 is 21.4 Å². The normalized spacial score (nSPS) is 23.8. The second-order valence-corrected chi connectivity index (χ2v) is 6.31. The highest BCUT2D eigenvalue weighted by atomic mass is 32.1. The van der Waals surface area contributed by atoms with Crippen LogP contribution in [0.2, 0.25) is 0 Å². The minimum Gasteiger partial charge on any atom is -0.393 e. The maximum atomic E-state index is 9.76. The van der Waals surface area contributed by atoms with Crippen LogP contribution in [0.5, 0.6) is 0 Å². The van der Waals surface area contributed by atoms with Gasteiger partial charge in [-0.05, 0) is 36.3 Å². The first kappa shape index (κ1) is 12.2. The van der Waals surface area contributed by atoms with E-state index in [1.54, 1.807) is 0 Å². The van der Waals surface area contributed by atoms with Gasteiger partial charge in [0.2, 0.25) is 0 Å². The van der Waals surface area contributed by atoms with Gasteiger partial charge in [0.1, 0.15) is 0 Å². The lowest BCUT2D eigenvalue weighted by molar-refractivity contribution is 0.131. The first-order chi connectivity index (χ1) is 8.83. The van der Waals surface area contributed by atoms with Gasteiger partial charge in [-0.1, -0.05) is 24.6 Å². The molecule has 1 saturated carbocycles. The SMILES string of the molecule is OC1CCCC1CNCc1cc2ccccc2s1. The molecule has 2 N–H and O–H groups in total. The Bertz CT molecular complexity index is 489. The lowest BCUT2D eigenvalue weighted by Gasteiger charge is -2.14. The van der Waals surface area contributed by atoms with Gasteiger partial charge in [-0.25, -0.2) is 0 Å². The second kappa shape index (κ2) is 5.39. The first-order valence-electron chi connectivity index (χ1n) is 6.69. The van der Waals surface area contributed by atoms with Crippen LogP contribution in [0.4, 0.5) is 0 Å². The summed E-state index contributed by atoms with van der Waals surface area (Å²) in [5, 5.41) is 14.6. The molecular formula is C15H19NOS. The van der Waals surface area contributed by atoms with Gasteiger partial charge in [-0.3, -0.25) is 0 Å². The molecule has 0 radical (unpaired) electrons.